The zero-order chi connectivity index (χ0) is 20.4. The Balaban J connectivity index is 0.000000195. The lowest BCUT2D eigenvalue weighted by Gasteiger charge is -2.21. The highest BCUT2D eigenvalue weighted by molar-refractivity contribution is 4.97. The van der Waals surface area contributed by atoms with Gasteiger partial charge in [0.2, 0.25) is 0 Å². The first-order valence-electron chi connectivity index (χ1n) is 10.8. The van der Waals surface area contributed by atoms with Gasteiger partial charge in [0.1, 0.15) is 5.67 Å². The molecule has 2 heteroatoms. The average Bonchev–Trinajstić information content (AvgIpc) is 3.19. The maximum atomic E-state index is 13.0. The fourth-order valence-corrected chi connectivity index (χ4v) is 3.76. The molecular weight excluding hydrogens is 323 g/mol. The van der Waals surface area contributed by atoms with Crippen LogP contribution in [0.3, 0.4) is 0 Å². The van der Waals surface area contributed by atoms with Crippen LogP contribution in [0.15, 0.2) is 0 Å². The van der Waals surface area contributed by atoms with Crippen LogP contribution in [0.25, 0.3) is 0 Å². The van der Waals surface area contributed by atoms with Gasteiger partial charge in [0.25, 0.3) is 0 Å². The largest absolute Gasteiger partial charge is 0.390 e. The Morgan fingerprint density at radius 1 is 0.731 bits per heavy atom. The van der Waals surface area contributed by atoms with Crippen LogP contribution in [0.4, 0.5) is 4.39 Å². The van der Waals surface area contributed by atoms with Gasteiger partial charge in [-0.05, 0) is 67.1 Å². The van der Waals surface area contributed by atoms with E-state index in [1.54, 1.807) is 0 Å². The zero-order valence-electron chi connectivity index (χ0n) is 19.3. The molecular formula is C24H47FO. The first-order valence-corrected chi connectivity index (χ1v) is 10.8. The van der Waals surface area contributed by atoms with Crippen molar-refractivity contribution in [3.8, 4) is 0 Å². The number of rotatable bonds is 3. The Labute approximate surface area is 163 Å². The summed E-state index contributed by atoms with van der Waals surface area (Å²) in [6.07, 6.45) is 9.75. The Morgan fingerprint density at radius 2 is 1.15 bits per heavy atom. The van der Waals surface area contributed by atoms with Gasteiger partial charge >= 0.3 is 0 Å². The third-order valence-corrected chi connectivity index (χ3v) is 4.92. The summed E-state index contributed by atoms with van der Waals surface area (Å²) in [6, 6.07) is 0. The van der Waals surface area contributed by atoms with Gasteiger partial charge in [-0.2, -0.15) is 0 Å². The van der Waals surface area contributed by atoms with Crippen LogP contribution < -0.4 is 0 Å². The van der Waals surface area contributed by atoms with Crippen LogP contribution in [-0.4, -0.2) is 16.4 Å². The molecule has 3 aliphatic carbocycles. The molecule has 1 nitrogen and oxygen atoms in total. The van der Waals surface area contributed by atoms with Gasteiger partial charge in [0, 0.05) is 0 Å². The SMILES string of the molecule is CC(C)(C)CC1(F)CC1.CC(C)(C)CC1(O)CC1.CC(C)(C)CC1CC1. The van der Waals surface area contributed by atoms with Gasteiger partial charge in [-0.15, -0.1) is 0 Å². The molecule has 0 amide bonds. The Kier molecular flexibility index (Phi) is 7.45. The summed E-state index contributed by atoms with van der Waals surface area (Å²) in [5, 5.41) is 9.46. The predicted octanol–water partition coefficient (Wildman–Crippen LogP) is 7.70. The van der Waals surface area contributed by atoms with E-state index in [1.165, 1.54) is 19.3 Å². The van der Waals surface area contributed by atoms with Crippen molar-refractivity contribution in [2.75, 3.05) is 0 Å². The number of halogens is 1. The van der Waals surface area contributed by atoms with Crippen molar-refractivity contribution in [2.45, 2.75) is 131 Å². The summed E-state index contributed by atoms with van der Waals surface area (Å²) in [4.78, 5) is 0. The summed E-state index contributed by atoms with van der Waals surface area (Å²) in [6.45, 7) is 19.8. The molecule has 3 rings (SSSR count). The third kappa shape index (κ3) is 14.0. The van der Waals surface area contributed by atoms with E-state index in [0.717, 1.165) is 44.4 Å². The van der Waals surface area contributed by atoms with Crippen LogP contribution in [0.5, 0.6) is 0 Å². The molecule has 0 radical (unpaired) electrons. The number of hydrogen-bond donors (Lipinski definition) is 1. The fourth-order valence-electron chi connectivity index (χ4n) is 3.76. The third-order valence-electron chi connectivity index (χ3n) is 4.92. The fraction of sp³-hybridized carbons (Fsp3) is 1.00. The molecule has 0 unspecified atom stereocenters. The van der Waals surface area contributed by atoms with Gasteiger partial charge in [-0.3, -0.25) is 0 Å². The molecule has 0 spiro atoms. The van der Waals surface area contributed by atoms with Crippen molar-refractivity contribution >= 4 is 0 Å². The Hall–Kier alpha value is -0.110. The van der Waals surface area contributed by atoms with Crippen LogP contribution in [0.2, 0.25) is 0 Å². The minimum atomic E-state index is -0.766. The van der Waals surface area contributed by atoms with Crippen molar-refractivity contribution in [3.63, 3.8) is 0 Å². The highest BCUT2D eigenvalue weighted by atomic mass is 19.1. The Bertz CT molecular complexity index is 384. The lowest BCUT2D eigenvalue weighted by atomic mass is 9.88. The van der Waals surface area contributed by atoms with Crippen molar-refractivity contribution in [1.82, 2.24) is 0 Å². The van der Waals surface area contributed by atoms with Gasteiger partial charge in [0.15, 0.2) is 0 Å². The second kappa shape index (κ2) is 8.10. The van der Waals surface area contributed by atoms with E-state index in [2.05, 4.69) is 62.3 Å². The first-order chi connectivity index (χ1) is 11.4. The number of aliphatic hydroxyl groups is 1. The molecule has 1 N–H and O–H groups in total. The van der Waals surface area contributed by atoms with Crippen molar-refractivity contribution in [3.05, 3.63) is 0 Å². The van der Waals surface area contributed by atoms with Crippen molar-refractivity contribution in [1.29, 1.82) is 0 Å². The van der Waals surface area contributed by atoms with Gasteiger partial charge in [-0.25, -0.2) is 4.39 Å². The van der Waals surface area contributed by atoms with Crippen LogP contribution >= 0.6 is 0 Å². The maximum absolute atomic E-state index is 13.0. The molecule has 0 aromatic rings. The lowest BCUT2D eigenvalue weighted by Crippen LogP contribution is -2.18. The molecule has 0 heterocycles. The minimum absolute atomic E-state index is 0.172. The quantitative estimate of drug-likeness (QED) is 0.539. The molecule has 0 saturated heterocycles. The molecule has 0 bridgehead atoms. The molecule has 3 fully saturated rings. The molecule has 26 heavy (non-hydrogen) atoms. The molecule has 0 aromatic carbocycles. The van der Waals surface area contributed by atoms with E-state index in [0.29, 0.717) is 10.8 Å². The maximum Gasteiger partial charge on any atom is 0.111 e. The number of alkyl halides is 1. The van der Waals surface area contributed by atoms with Crippen LogP contribution in [0.1, 0.15) is 120 Å². The molecule has 3 saturated carbocycles. The van der Waals surface area contributed by atoms with E-state index in [1.807, 2.05) is 0 Å². The highest BCUT2D eigenvalue weighted by Crippen LogP contribution is 2.48. The first kappa shape index (κ1) is 23.9. The predicted molar refractivity (Wildman–Crippen MR) is 112 cm³/mol. The Morgan fingerprint density at radius 3 is 1.27 bits per heavy atom. The zero-order valence-corrected chi connectivity index (χ0v) is 19.3. The monoisotopic (exact) mass is 370 g/mol. The standard InChI is InChI=1S/C8H15F.C8H16O.C8H16/c2*1-7(2,3)6-8(9)4-5-8;1-8(2,3)6-7-4-5-7/h4-6H2,1-3H3;9H,4-6H2,1-3H3;7H,4-6H2,1-3H3. The van der Waals surface area contributed by atoms with Gasteiger partial charge < -0.3 is 5.11 Å². The molecule has 3 aliphatic rings. The average molecular weight is 371 g/mol. The molecule has 0 aromatic heterocycles. The summed E-state index contributed by atoms with van der Waals surface area (Å²) < 4.78 is 13.0. The lowest BCUT2D eigenvalue weighted by molar-refractivity contribution is 0.0982. The van der Waals surface area contributed by atoms with Crippen molar-refractivity contribution < 1.29 is 9.50 Å². The van der Waals surface area contributed by atoms with E-state index in [4.69, 9.17) is 0 Å². The molecule has 156 valence electrons. The van der Waals surface area contributed by atoms with Crippen LogP contribution in [-0.2, 0) is 0 Å². The minimum Gasteiger partial charge on any atom is -0.390 e. The molecule has 0 aliphatic heterocycles. The second-order valence-corrected chi connectivity index (χ2v) is 13.1. The summed E-state index contributed by atoms with van der Waals surface area (Å²) in [5.74, 6) is 1.09. The number of hydrogen-bond acceptors (Lipinski definition) is 1. The van der Waals surface area contributed by atoms with Crippen molar-refractivity contribution in [2.24, 2.45) is 22.2 Å². The summed E-state index contributed by atoms with van der Waals surface area (Å²) in [7, 11) is 0. The van der Waals surface area contributed by atoms with E-state index >= 15 is 0 Å². The highest BCUT2D eigenvalue weighted by Gasteiger charge is 2.45. The topological polar surface area (TPSA) is 20.2 Å². The second-order valence-electron chi connectivity index (χ2n) is 13.1. The smallest absolute Gasteiger partial charge is 0.111 e. The summed E-state index contributed by atoms with van der Waals surface area (Å²) in [5.41, 5.74) is 0.0220. The van der Waals surface area contributed by atoms with Gasteiger partial charge in [0.05, 0.1) is 5.60 Å². The van der Waals surface area contributed by atoms with Crippen LogP contribution in [0, 0.1) is 22.2 Å². The normalized spacial score (nSPS) is 23.2. The van der Waals surface area contributed by atoms with E-state index in [9.17, 15) is 9.50 Å². The van der Waals surface area contributed by atoms with E-state index in [-0.39, 0.29) is 11.0 Å². The molecule has 0 atom stereocenters. The summed E-state index contributed by atoms with van der Waals surface area (Å²) >= 11 is 0. The van der Waals surface area contributed by atoms with E-state index < -0.39 is 5.67 Å². The van der Waals surface area contributed by atoms with Gasteiger partial charge in [-0.1, -0.05) is 75.2 Å².